The number of fused-ring (bicyclic) bond motifs is 1. The van der Waals surface area contributed by atoms with Crippen molar-refractivity contribution >= 4 is 38.9 Å². The molecule has 0 radical (unpaired) electrons. The number of ether oxygens (including phenoxy) is 1. The molecule has 6 nitrogen and oxygen atoms in total. The minimum atomic E-state index is -3.70. The van der Waals surface area contributed by atoms with Crippen LogP contribution in [0.4, 0.5) is 11.4 Å². The Labute approximate surface area is 157 Å². The summed E-state index contributed by atoms with van der Waals surface area (Å²) < 4.78 is 32.6. The normalized spacial score (nSPS) is 14.2. The van der Waals surface area contributed by atoms with Gasteiger partial charge in [0.1, 0.15) is 0 Å². The molecule has 1 N–H and O–H groups in total. The molecule has 2 aromatic rings. The molecule has 0 bridgehead atoms. The second-order valence-corrected chi connectivity index (χ2v) is 8.06. The van der Waals surface area contributed by atoms with E-state index >= 15 is 0 Å². The lowest BCUT2D eigenvalue weighted by atomic mass is 10.0. The Kier molecular flexibility index (Phi) is 5.50. The van der Waals surface area contributed by atoms with Gasteiger partial charge in [0.2, 0.25) is 5.91 Å². The van der Waals surface area contributed by atoms with E-state index in [9.17, 15) is 13.2 Å². The van der Waals surface area contributed by atoms with Crippen LogP contribution in [0.2, 0.25) is 5.02 Å². The SMILES string of the molecule is COCCN1C(=O)CCc2cc(NS(=O)(=O)c3ccc(Cl)cc3)ccc21. The number of rotatable bonds is 6. The van der Waals surface area contributed by atoms with E-state index in [0.717, 1.165) is 11.3 Å². The van der Waals surface area contributed by atoms with Crippen molar-refractivity contribution in [2.45, 2.75) is 17.7 Å². The minimum absolute atomic E-state index is 0.0454. The highest BCUT2D eigenvalue weighted by molar-refractivity contribution is 7.92. The van der Waals surface area contributed by atoms with Gasteiger partial charge in [0.15, 0.2) is 0 Å². The van der Waals surface area contributed by atoms with Crippen molar-refractivity contribution in [3.8, 4) is 0 Å². The first-order chi connectivity index (χ1) is 12.4. The minimum Gasteiger partial charge on any atom is -0.383 e. The first-order valence-electron chi connectivity index (χ1n) is 8.11. The summed E-state index contributed by atoms with van der Waals surface area (Å²) in [6.45, 7) is 0.911. The fourth-order valence-electron chi connectivity index (χ4n) is 2.88. The maximum atomic E-state index is 12.5. The van der Waals surface area contributed by atoms with Gasteiger partial charge in [-0.1, -0.05) is 11.6 Å². The van der Waals surface area contributed by atoms with Crippen LogP contribution in [0.5, 0.6) is 0 Å². The first-order valence-corrected chi connectivity index (χ1v) is 9.97. The molecule has 1 heterocycles. The topological polar surface area (TPSA) is 75.7 Å². The monoisotopic (exact) mass is 394 g/mol. The number of anilines is 2. The number of hydrogen-bond acceptors (Lipinski definition) is 4. The summed E-state index contributed by atoms with van der Waals surface area (Å²) in [6.07, 6.45) is 0.970. The Hall–Kier alpha value is -2.09. The van der Waals surface area contributed by atoms with Crippen molar-refractivity contribution in [2.24, 2.45) is 0 Å². The smallest absolute Gasteiger partial charge is 0.261 e. The number of carbonyl (C=O) groups excluding carboxylic acids is 1. The van der Waals surface area contributed by atoms with E-state index in [-0.39, 0.29) is 10.8 Å². The van der Waals surface area contributed by atoms with E-state index in [1.54, 1.807) is 30.2 Å². The van der Waals surface area contributed by atoms with Crippen LogP contribution >= 0.6 is 11.6 Å². The number of halogens is 1. The quantitative estimate of drug-likeness (QED) is 0.816. The number of aryl methyl sites for hydroxylation is 1. The van der Waals surface area contributed by atoms with Gasteiger partial charge >= 0.3 is 0 Å². The first kappa shape index (κ1) is 18.7. The summed E-state index contributed by atoms with van der Waals surface area (Å²) in [6, 6.07) is 11.2. The molecule has 0 unspecified atom stereocenters. The maximum Gasteiger partial charge on any atom is 0.261 e. The van der Waals surface area contributed by atoms with Crippen LogP contribution in [0.25, 0.3) is 0 Å². The number of hydrogen-bond donors (Lipinski definition) is 1. The van der Waals surface area contributed by atoms with Crippen molar-refractivity contribution in [1.29, 1.82) is 0 Å². The van der Waals surface area contributed by atoms with Gasteiger partial charge in [-0.2, -0.15) is 0 Å². The summed E-state index contributed by atoms with van der Waals surface area (Å²) in [5.74, 6) is 0.0454. The molecule has 0 aromatic heterocycles. The van der Waals surface area contributed by atoms with Gasteiger partial charge in [0, 0.05) is 36.5 Å². The van der Waals surface area contributed by atoms with Crippen LogP contribution in [0.3, 0.4) is 0 Å². The summed E-state index contributed by atoms with van der Waals surface area (Å²) >= 11 is 5.81. The molecule has 0 saturated carbocycles. The van der Waals surface area contributed by atoms with E-state index in [1.165, 1.54) is 24.3 Å². The van der Waals surface area contributed by atoms with Gasteiger partial charge in [-0.15, -0.1) is 0 Å². The average molecular weight is 395 g/mol. The molecule has 0 atom stereocenters. The van der Waals surface area contributed by atoms with Crippen LogP contribution in [-0.2, 0) is 26.0 Å². The van der Waals surface area contributed by atoms with E-state index in [1.807, 2.05) is 0 Å². The lowest BCUT2D eigenvalue weighted by Gasteiger charge is -2.29. The third kappa shape index (κ3) is 4.00. The second kappa shape index (κ2) is 7.65. The fraction of sp³-hybridized carbons (Fsp3) is 0.278. The molecule has 26 heavy (non-hydrogen) atoms. The predicted molar refractivity (Wildman–Crippen MR) is 101 cm³/mol. The zero-order valence-corrected chi connectivity index (χ0v) is 15.8. The van der Waals surface area contributed by atoms with Crippen molar-refractivity contribution in [3.05, 3.63) is 53.1 Å². The predicted octanol–water partition coefficient (Wildman–Crippen LogP) is 3.07. The molecule has 0 fully saturated rings. The van der Waals surface area contributed by atoms with Gasteiger partial charge in [-0.3, -0.25) is 9.52 Å². The zero-order valence-electron chi connectivity index (χ0n) is 14.2. The van der Waals surface area contributed by atoms with Crippen molar-refractivity contribution in [1.82, 2.24) is 0 Å². The lowest BCUT2D eigenvalue weighted by molar-refractivity contribution is -0.119. The molecule has 1 aliphatic heterocycles. The molecule has 8 heteroatoms. The molecule has 1 aliphatic rings. The Morgan fingerprint density at radius 3 is 2.58 bits per heavy atom. The molecular weight excluding hydrogens is 376 g/mol. The zero-order chi connectivity index (χ0) is 18.7. The molecule has 3 rings (SSSR count). The van der Waals surface area contributed by atoms with Crippen molar-refractivity contribution in [2.75, 3.05) is 29.9 Å². The van der Waals surface area contributed by atoms with E-state index in [0.29, 0.717) is 36.7 Å². The molecule has 0 saturated heterocycles. The van der Waals surface area contributed by atoms with Crippen LogP contribution < -0.4 is 9.62 Å². The Bertz CT molecular complexity index is 913. The van der Waals surface area contributed by atoms with Gasteiger partial charge in [-0.25, -0.2) is 8.42 Å². The van der Waals surface area contributed by atoms with Gasteiger partial charge < -0.3 is 9.64 Å². The van der Waals surface area contributed by atoms with Gasteiger partial charge in [-0.05, 0) is 54.4 Å². The highest BCUT2D eigenvalue weighted by Crippen LogP contribution is 2.31. The summed E-state index contributed by atoms with van der Waals surface area (Å²) in [5.41, 5.74) is 2.18. The van der Waals surface area contributed by atoms with Crippen molar-refractivity contribution in [3.63, 3.8) is 0 Å². The van der Waals surface area contributed by atoms with Gasteiger partial charge in [0.05, 0.1) is 11.5 Å². The Morgan fingerprint density at radius 1 is 1.15 bits per heavy atom. The number of nitrogens with one attached hydrogen (secondary N) is 1. The molecule has 0 aliphatic carbocycles. The van der Waals surface area contributed by atoms with E-state index < -0.39 is 10.0 Å². The van der Waals surface area contributed by atoms with Crippen molar-refractivity contribution < 1.29 is 17.9 Å². The second-order valence-electron chi connectivity index (χ2n) is 5.94. The van der Waals surface area contributed by atoms with Crippen LogP contribution in [0.15, 0.2) is 47.4 Å². The van der Waals surface area contributed by atoms with E-state index in [2.05, 4.69) is 4.72 Å². The Morgan fingerprint density at radius 2 is 1.88 bits per heavy atom. The highest BCUT2D eigenvalue weighted by Gasteiger charge is 2.24. The molecule has 138 valence electrons. The number of nitrogens with zero attached hydrogens (tertiary/aromatic N) is 1. The molecule has 2 aromatic carbocycles. The fourth-order valence-corrected chi connectivity index (χ4v) is 4.05. The van der Waals surface area contributed by atoms with E-state index in [4.69, 9.17) is 16.3 Å². The maximum absolute atomic E-state index is 12.5. The number of sulfonamides is 1. The number of benzene rings is 2. The lowest BCUT2D eigenvalue weighted by Crippen LogP contribution is -2.37. The number of carbonyl (C=O) groups is 1. The van der Waals surface area contributed by atoms with Crippen LogP contribution in [-0.4, -0.2) is 34.6 Å². The molecular formula is C18H19ClN2O4S. The van der Waals surface area contributed by atoms with Gasteiger partial charge in [0.25, 0.3) is 10.0 Å². The standard InChI is InChI=1S/C18H19ClN2O4S/c1-25-11-10-21-17-8-5-15(12-13(17)2-9-18(21)22)20-26(23,24)16-6-3-14(19)4-7-16/h3-8,12,20H,2,9-11H2,1H3. The third-order valence-electron chi connectivity index (χ3n) is 4.17. The number of amides is 1. The molecule has 1 amide bonds. The van der Waals surface area contributed by atoms with Crippen LogP contribution in [0.1, 0.15) is 12.0 Å². The summed E-state index contributed by atoms with van der Waals surface area (Å²) in [7, 11) is -2.12. The summed E-state index contributed by atoms with van der Waals surface area (Å²) in [5, 5.41) is 0.471. The summed E-state index contributed by atoms with van der Waals surface area (Å²) in [4.78, 5) is 14.0. The Balaban J connectivity index is 1.85. The molecule has 0 spiro atoms. The third-order valence-corrected chi connectivity index (χ3v) is 5.82. The van der Waals surface area contributed by atoms with Crippen LogP contribution in [0, 0.1) is 0 Å². The number of methoxy groups -OCH3 is 1. The average Bonchev–Trinajstić information content (AvgIpc) is 2.61. The largest absolute Gasteiger partial charge is 0.383 e. The highest BCUT2D eigenvalue weighted by atomic mass is 35.5.